The number of rotatable bonds is 2. The van der Waals surface area contributed by atoms with E-state index in [1.54, 1.807) is 13.0 Å². The third-order valence-electron chi connectivity index (χ3n) is 1.68. The number of nitro groups is 1. The zero-order valence-electron chi connectivity index (χ0n) is 6.52. The van der Waals surface area contributed by atoms with Crippen molar-refractivity contribution < 1.29 is 10.0 Å². The van der Waals surface area contributed by atoms with Crippen LogP contribution in [0, 0.1) is 23.6 Å². The minimum atomic E-state index is -0.470. The summed E-state index contributed by atoms with van der Waals surface area (Å²) >= 11 is 0. The van der Waals surface area contributed by atoms with E-state index in [0.717, 1.165) is 6.61 Å². The van der Waals surface area contributed by atoms with Crippen LogP contribution in [0.4, 0.5) is 5.69 Å². The molecule has 0 aromatic heterocycles. The lowest BCUT2D eigenvalue weighted by Gasteiger charge is -2.00. The van der Waals surface area contributed by atoms with Gasteiger partial charge in [-0.15, -0.1) is 0 Å². The quantitative estimate of drug-likeness (QED) is 0.538. The lowest BCUT2D eigenvalue weighted by atomic mass is 10.1. The van der Waals surface area contributed by atoms with Gasteiger partial charge in [0.1, 0.15) is 6.61 Å². The molecule has 4 heteroatoms. The van der Waals surface area contributed by atoms with Gasteiger partial charge in [-0.05, 0) is 12.5 Å². The molecule has 0 unspecified atom stereocenters. The highest BCUT2D eigenvalue weighted by Crippen LogP contribution is 2.21. The van der Waals surface area contributed by atoms with Crippen molar-refractivity contribution in [2.24, 2.45) is 0 Å². The summed E-state index contributed by atoms with van der Waals surface area (Å²) in [7, 11) is 0. The molecular formula is C8H8NO3. The first-order valence-electron chi connectivity index (χ1n) is 3.38. The topological polar surface area (TPSA) is 63.4 Å². The van der Waals surface area contributed by atoms with Gasteiger partial charge in [0.2, 0.25) is 0 Å². The first-order chi connectivity index (χ1) is 5.66. The normalized spacial score (nSPS) is 9.83. The van der Waals surface area contributed by atoms with Crippen LogP contribution in [0.25, 0.3) is 0 Å². The van der Waals surface area contributed by atoms with E-state index in [-0.39, 0.29) is 5.69 Å². The maximum Gasteiger partial charge on any atom is 0.272 e. The Bertz CT molecular complexity index is 309. The second-order valence-corrected chi connectivity index (χ2v) is 2.38. The van der Waals surface area contributed by atoms with Crippen molar-refractivity contribution in [2.45, 2.75) is 6.92 Å². The maximum absolute atomic E-state index is 10.4. The van der Waals surface area contributed by atoms with Gasteiger partial charge in [0.25, 0.3) is 5.69 Å². The molecule has 0 spiro atoms. The third-order valence-corrected chi connectivity index (χ3v) is 1.68. The molecule has 1 N–H and O–H groups in total. The molecule has 0 bridgehead atoms. The Morgan fingerprint density at radius 2 is 2.25 bits per heavy atom. The van der Waals surface area contributed by atoms with E-state index >= 15 is 0 Å². The van der Waals surface area contributed by atoms with Crippen LogP contribution in [-0.4, -0.2) is 10.0 Å². The Morgan fingerprint density at radius 1 is 1.58 bits per heavy atom. The number of nitro benzene ring substituents is 1. The largest absolute Gasteiger partial charge is 0.385 e. The molecule has 0 saturated carbocycles. The zero-order valence-corrected chi connectivity index (χ0v) is 6.52. The summed E-state index contributed by atoms with van der Waals surface area (Å²) in [6.45, 7) is 2.46. The van der Waals surface area contributed by atoms with Gasteiger partial charge in [-0.2, -0.15) is 0 Å². The minimum Gasteiger partial charge on any atom is -0.385 e. The Kier molecular flexibility index (Phi) is 2.40. The molecule has 1 aromatic rings. The van der Waals surface area contributed by atoms with Crippen molar-refractivity contribution in [3.8, 4) is 0 Å². The molecule has 0 heterocycles. The molecule has 0 fully saturated rings. The molecule has 0 aliphatic rings. The molecule has 0 atom stereocenters. The Balaban J connectivity index is 3.23. The second-order valence-electron chi connectivity index (χ2n) is 2.38. The lowest BCUT2D eigenvalue weighted by Crippen LogP contribution is -1.94. The Hall–Kier alpha value is -1.42. The maximum atomic E-state index is 10.4. The first kappa shape index (κ1) is 8.67. The van der Waals surface area contributed by atoms with Crippen LogP contribution in [0.5, 0.6) is 0 Å². The van der Waals surface area contributed by atoms with Crippen LogP contribution in [0.2, 0.25) is 0 Å². The molecule has 0 amide bonds. The van der Waals surface area contributed by atoms with Crippen LogP contribution in [0.1, 0.15) is 11.1 Å². The van der Waals surface area contributed by atoms with E-state index in [2.05, 4.69) is 0 Å². The highest BCUT2D eigenvalue weighted by molar-refractivity contribution is 5.46. The molecule has 1 rings (SSSR count). The van der Waals surface area contributed by atoms with Gasteiger partial charge >= 0.3 is 0 Å². The van der Waals surface area contributed by atoms with Gasteiger partial charge in [0.05, 0.1) is 4.92 Å². The predicted octanol–water partition coefficient (Wildman–Crippen LogP) is 1.79. The van der Waals surface area contributed by atoms with E-state index in [1.807, 2.05) is 0 Å². The van der Waals surface area contributed by atoms with Gasteiger partial charge < -0.3 is 5.11 Å². The average molecular weight is 166 g/mol. The van der Waals surface area contributed by atoms with E-state index in [1.165, 1.54) is 12.1 Å². The first-order valence-corrected chi connectivity index (χ1v) is 3.38. The summed E-state index contributed by atoms with van der Waals surface area (Å²) < 4.78 is 0. The summed E-state index contributed by atoms with van der Waals surface area (Å²) in [5, 5.41) is 19.1. The van der Waals surface area contributed by atoms with Crippen molar-refractivity contribution in [1.82, 2.24) is 0 Å². The van der Waals surface area contributed by atoms with E-state index in [4.69, 9.17) is 5.11 Å². The smallest absolute Gasteiger partial charge is 0.272 e. The molecule has 12 heavy (non-hydrogen) atoms. The van der Waals surface area contributed by atoms with E-state index < -0.39 is 4.92 Å². The summed E-state index contributed by atoms with van der Waals surface area (Å²) in [5.41, 5.74) is 0.979. The molecule has 63 valence electrons. The molecule has 1 aromatic carbocycles. The van der Waals surface area contributed by atoms with Crippen LogP contribution in [0.3, 0.4) is 0 Å². The van der Waals surface area contributed by atoms with Crippen molar-refractivity contribution in [1.29, 1.82) is 0 Å². The molecule has 0 aliphatic heterocycles. The minimum absolute atomic E-state index is 0.0257. The molecule has 0 saturated heterocycles. The highest BCUT2D eigenvalue weighted by atomic mass is 16.6. The molecular weight excluding hydrogens is 158 g/mol. The van der Waals surface area contributed by atoms with Crippen LogP contribution >= 0.6 is 0 Å². The number of hydrogen-bond acceptors (Lipinski definition) is 3. The lowest BCUT2D eigenvalue weighted by molar-refractivity contribution is -0.385. The fourth-order valence-corrected chi connectivity index (χ4v) is 0.978. The van der Waals surface area contributed by atoms with Crippen LogP contribution < -0.4 is 0 Å². The van der Waals surface area contributed by atoms with Gasteiger partial charge in [-0.3, -0.25) is 10.1 Å². The monoisotopic (exact) mass is 166 g/mol. The summed E-state index contributed by atoms with van der Waals surface area (Å²) in [5.74, 6) is 0. The fraction of sp³-hybridized carbons (Fsp3) is 0.125. The standard InChI is InChI=1S/C8H8NO3/c1-6-7(5-10)3-2-4-8(6)9(11)12/h2-5,10H,1H3. The summed E-state index contributed by atoms with van der Waals surface area (Å²) in [6.07, 6.45) is 0. The van der Waals surface area contributed by atoms with Crippen LogP contribution in [0.15, 0.2) is 18.2 Å². The second kappa shape index (κ2) is 3.32. The number of benzene rings is 1. The predicted molar refractivity (Wildman–Crippen MR) is 43.2 cm³/mol. The third kappa shape index (κ3) is 1.43. The van der Waals surface area contributed by atoms with Gasteiger partial charge in [0.15, 0.2) is 0 Å². The van der Waals surface area contributed by atoms with Crippen molar-refractivity contribution in [3.63, 3.8) is 0 Å². The van der Waals surface area contributed by atoms with E-state index in [9.17, 15) is 10.1 Å². The Morgan fingerprint density at radius 3 is 2.75 bits per heavy atom. The number of aliphatic hydroxyl groups is 1. The highest BCUT2D eigenvalue weighted by Gasteiger charge is 2.11. The Labute approximate surface area is 69.6 Å². The van der Waals surface area contributed by atoms with Crippen molar-refractivity contribution in [3.05, 3.63) is 46.0 Å². The van der Waals surface area contributed by atoms with E-state index in [0.29, 0.717) is 11.1 Å². The SMILES string of the molecule is Cc1c([CH]O)cccc1[N+](=O)[O-]. The molecule has 1 radical (unpaired) electrons. The van der Waals surface area contributed by atoms with Gasteiger partial charge in [0, 0.05) is 11.6 Å². The van der Waals surface area contributed by atoms with Gasteiger partial charge in [-0.1, -0.05) is 12.1 Å². The van der Waals surface area contributed by atoms with Crippen molar-refractivity contribution >= 4 is 5.69 Å². The van der Waals surface area contributed by atoms with Gasteiger partial charge in [-0.25, -0.2) is 0 Å². The average Bonchev–Trinajstić information content (AvgIpc) is 2.04. The summed E-state index contributed by atoms with van der Waals surface area (Å²) in [4.78, 5) is 9.93. The number of nitrogens with zero attached hydrogens (tertiary/aromatic N) is 1. The molecule has 4 nitrogen and oxygen atoms in total. The zero-order chi connectivity index (χ0) is 9.14. The fourth-order valence-electron chi connectivity index (χ4n) is 0.978. The number of aliphatic hydroxyl groups excluding tert-OH is 1. The van der Waals surface area contributed by atoms with Crippen LogP contribution in [-0.2, 0) is 0 Å². The molecule has 0 aliphatic carbocycles. The van der Waals surface area contributed by atoms with Crippen molar-refractivity contribution in [2.75, 3.05) is 0 Å². The summed E-state index contributed by atoms with van der Waals surface area (Å²) in [6, 6.07) is 4.55. The number of hydrogen-bond donors (Lipinski definition) is 1.